The smallest absolute Gasteiger partial charge is 0.263 e. The van der Waals surface area contributed by atoms with E-state index in [1.54, 1.807) is 22.5 Å². The molecule has 0 amide bonds. The fourth-order valence-electron chi connectivity index (χ4n) is 2.87. The predicted octanol–water partition coefficient (Wildman–Crippen LogP) is 3.04. The second-order valence-electron chi connectivity index (χ2n) is 5.12. The first-order valence-corrected chi connectivity index (χ1v) is 8.32. The van der Waals surface area contributed by atoms with Crippen molar-refractivity contribution in [3.8, 4) is 11.4 Å². The quantitative estimate of drug-likeness (QED) is 0.682. The third-order valence-corrected chi connectivity index (χ3v) is 4.61. The first-order valence-electron chi connectivity index (χ1n) is 7.09. The van der Waals surface area contributed by atoms with Crippen molar-refractivity contribution in [3.05, 3.63) is 58.5 Å². The molecule has 5 heteroatoms. The Morgan fingerprint density at radius 1 is 1.27 bits per heavy atom. The molecule has 4 nitrogen and oxygen atoms in total. The average Bonchev–Trinajstić information content (AvgIpc) is 3.06. The van der Waals surface area contributed by atoms with Crippen molar-refractivity contribution in [1.82, 2.24) is 9.55 Å². The minimum absolute atomic E-state index is 0.0306. The summed E-state index contributed by atoms with van der Waals surface area (Å²) < 4.78 is 7.37. The monoisotopic (exact) mass is 310 g/mol. The highest BCUT2D eigenvalue weighted by atomic mass is 32.2. The summed E-state index contributed by atoms with van der Waals surface area (Å²) in [4.78, 5) is 18.5. The number of thioether (sulfide) groups is 1. The number of rotatable bonds is 2. The Balaban J connectivity index is 2.11. The van der Waals surface area contributed by atoms with Crippen LogP contribution in [-0.4, -0.2) is 22.4 Å². The lowest BCUT2D eigenvalue weighted by Crippen LogP contribution is -2.22. The lowest BCUT2D eigenvalue weighted by Gasteiger charge is -2.13. The van der Waals surface area contributed by atoms with E-state index in [-0.39, 0.29) is 5.56 Å². The van der Waals surface area contributed by atoms with Crippen LogP contribution in [0.5, 0.6) is 5.75 Å². The molecule has 1 aromatic carbocycles. The lowest BCUT2D eigenvalue weighted by atomic mass is 10.1. The SMILES string of the molecule is CSc1cccc(-n2c(=O)c3c(c4cccnc42)OCC3)c1. The van der Waals surface area contributed by atoms with Gasteiger partial charge >= 0.3 is 0 Å². The summed E-state index contributed by atoms with van der Waals surface area (Å²) >= 11 is 1.65. The van der Waals surface area contributed by atoms with E-state index in [0.29, 0.717) is 24.4 Å². The number of fused-ring (bicyclic) bond motifs is 3. The van der Waals surface area contributed by atoms with E-state index in [2.05, 4.69) is 4.98 Å². The number of benzene rings is 1. The summed E-state index contributed by atoms with van der Waals surface area (Å²) in [5.41, 5.74) is 2.20. The van der Waals surface area contributed by atoms with Gasteiger partial charge in [0.15, 0.2) is 5.65 Å². The second-order valence-corrected chi connectivity index (χ2v) is 6.00. The van der Waals surface area contributed by atoms with Gasteiger partial charge in [-0.05, 0) is 36.6 Å². The van der Waals surface area contributed by atoms with Crippen LogP contribution in [0, 0.1) is 0 Å². The predicted molar refractivity (Wildman–Crippen MR) is 88.3 cm³/mol. The van der Waals surface area contributed by atoms with Crippen molar-refractivity contribution in [2.24, 2.45) is 0 Å². The fraction of sp³-hybridized carbons (Fsp3) is 0.176. The highest BCUT2D eigenvalue weighted by Crippen LogP contribution is 2.32. The van der Waals surface area contributed by atoms with Crippen molar-refractivity contribution >= 4 is 22.8 Å². The molecule has 0 saturated heterocycles. The molecule has 0 unspecified atom stereocenters. The van der Waals surface area contributed by atoms with Gasteiger partial charge in [-0.15, -0.1) is 11.8 Å². The zero-order valence-corrected chi connectivity index (χ0v) is 12.9. The van der Waals surface area contributed by atoms with Crippen LogP contribution in [0.1, 0.15) is 5.56 Å². The van der Waals surface area contributed by atoms with Crippen LogP contribution in [-0.2, 0) is 6.42 Å². The minimum Gasteiger partial charge on any atom is -0.492 e. The molecule has 0 bridgehead atoms. The standard InChI is InChI=1S/C17H14N2O2S/c1-22-12-5-2-4-11(10-12)19-16-13(6-3-8-18-16)15-14(17(19)20)7-9-21-15/h2-6,8,10H,7,9H2,1H3. The Hall–Kier alpha value is -2.27. The molecule has 22 heavy (non-hydrogen) atoms. The van der Waals surface area contributed by atoms with Gasteiger partial charge in [0, 0.05) is 17.5 Å². The highest BCUT2D eigenvalue weighted by molar-refractivity contribution is 7.98. The molecule has 0 saturated carbocycles. The van der Waals surface area contributed by atoms with Crippen LogP contribution in [0.3, 0.4) is 0 Å². The van der Waals surface area contributed by atoms with Crippen molar-refractivity contribution in [1.29, 1.82) is 0 Å². The second kappa shape index (κ2) is 5.18. The van der Waals surface area contributed by atoms with E-state index < -0.39 is 0 Å². The number of nitrogens with zero attached hydrogens (tertiary/aromatic N) is 2. The molecule has 0 fully saturated rings. The maximum absolute atomic E-state index is 12.9. The Morgan fingerprint density at radius 3 is 3.05 bits per heavy atom. The molecule has 4 rings (SSSR count). The zero-order chi connectivity index (χ0) is 15.1. The molecule has 2 aromatic heterocycles. The summed E-state index contributed by atoms with van der Waals surface area (Å²) in [5.74, 6) is 0.699. The molecular formula is C17H14N2O2S. The lowest BCUT2D eigenvalue weighted by molar-refractivity contribution is 0.360. The first kappa shape index (κ1) is 13.4. The molecule has 0 radical (unpaired) electrons. The topological polar surface area (TPSA) is 44.1 Å². The van der Waals surface area contributed by atoms with Crippen LogP contribution >= 0.6 is 11.8 Å². The Labute approximate surface area is 131 Å². The summed E-state index contributed by atoms with van der Waals surface area (Å²) in [6, 6.07) is 11.8. The van der Waals surface area contributed by atoms with E-state index in [1.807, 2.05) is 42.7 Å². The van der Waals surface area contributed by atoms with Gasteiger partial charge in [-0.25, -0.2) is 4.98 Å². The molecule has 110 valence electrons. The van der Waals surface area contributed by atoms with Gasteiger partial charge in [0.2, 0.25) is 0 Å². The van der Waals surface area contributed by atoms with Gasteiger partial charge in [0.1, 0.15) is 5.75 Å². The van der Waals surface area contributed by atoms with E-state index in [4.69, 9.17) is 4.74 Å². The summed E-state index contributed by atoms with van der Waals surface area (Å²) in [7, 11) is 0. The molecule has 1 aliphatic rings. The highest BCUT2D eigenvalue weighted by Gasteiger charge is 2.23. The largest absolute Gasteiger partial charge is 0.492 e. The molecular weight excluding hydrogens is 296 g/mol. The van der Waals surface area contributed by atoms with E-state index >= 15 is 0 Å². The van der Waals surface area contributed by atoms with Crippen LogP contribution in [0.25, 0.3) is 16.7 Å². The van der Waals surface area contributed by atoms with E-state index in [1.165, 1.54) is 0 Å². The van der Waals surface area contributed by atoms with Crippen molar-refractivity contribution < 1.29 is 4.74 Å². The average molecular weight is 310 g/mol. The van der Waals surface area contributed by atoms with Gasteiger partial charge in [-0.1, -0.05) is 6.07 Å². The number of hydrogen-bond donors (Lipinski definition) is 0. The van der Waals surface area contributed by atoms with Crippen molar-refractivity contribution in [3.63, 3.8) is 0 Å². The van der Waals surface area contributed by atoms with E-state index in [9.17, 15) is 4.79 Å². The summed E-state index contributed by atoms with van der Waals surface area (Å²) in [6.45, 7) is 0.559. The number of hydrogen-bond acceptors (Lipinski definition) is 4. The van der Waals surface area contributed by atoms with Crippen molar-refractivity contribution in [2.45, 2.75) is 11.3 Å². The molecule has 3 aromatic rings. The Morgan fingerprint density at radius 2 is 2.18 bits per heavy atom. The maximum Gasteiger partial charge on any atom is 0.263 e. The maximum atomic E-state index is 12.9. The fourth-order valence-corrected chi connectivity index (χ4v) is 3.33. The first-order chi connectivity index (χ1) is 10.8. The molecule has 0 aliphatic carbocycles. The Kier molecular flexibility index (Phi) is 3.15. The Bertz CT molecular complexity index is 934. The van der Waals surface area contributed by atoms with Gasteiger partial charge in [-0.2, -0.15) is 0 Å². The molecule has 0 N–H and O–H groups in total. The normalized spacial score (nSPS) is 13.1. The minimum atomic E-state index is -0.0306. The molecule has 0 spiro atoms. The molecule has 3 heterocycles. The number of ether oxygens (including phenoxy) is 1. The van der Waals surface area contributed by atoms with Crippen LogP contribution in [0.2, 0.25) is 0 Å². The summed E-state index contributed by atoms with van der Waals surface area (Å²) in [5, 5.41) is 0.893. The number of aromatic nitrogens is 2. The summed E-state index contributed by atoms with van der Waals surface area (Å²) in [6.07, 6.45) is 4.38. The van der Waals surface area contributed by atoms with Gasteiger partial charge in [0.25, 0.3) is 5.56 Å². The van der Waals surface area contributed by atoms with Crippen LogP contribution < -0.4 is 10.3 Å². The molecule has 0 atom stereocenters. The molecule has 1 aliphatic heterocycles. The number of pyridine rings is 2. The van der Waals surface area contributed by atoms with Gasteiger partial charge < -0.3 is 4.74 Å². The van der Waals surface area contributed by atoms with Crippen LogP contribution in [0.15, 0.2) is 52.3 Å². The van der Waals surface area contributed by atoms with Crippen LogP contribution in [0.4, 0.5) is 0 Å². The van der Waals surface area contributed by atoms with Crippen molar-refractivity contribution in [2.75, 3.05) is 12.9 Å². The van der Waals surface area contributed by atoms with Gasteiger partial charge in [-0.3, -0.25) is 9.36 Å². The third-order valence-electron chi connectivity index (χ3n) is 3.89. The third kappa shape index (κ3) is 1.93. The van der Waals surface area contributed by atoms with E-state index in [0.717, 1.165) is 21.5 Å². The van der Waals surface area contributed by atoms with Gasteiger partial charge in [0.05, 0.1) is 23.2 Å². The zero-order valence-electron chi connectivity index (χ0n) is 12.1.